The number of aliphatic hydroxyl groups excluding tert-OH is 1. The summed E-state index contributed by atoms with van der Waals surface area (Å²) in [6.45, 7) is 4.73. The Balaban J connectivity index is 1.89. The van der Waals surface area contributed by atoms with Crippen LogP contribution in [0.1, 0.15) is 49.0 Å². The van der Waals surface area contributed by atoms with Gasteiger partial charge in [-0.2, -0.15) is 0 Å². The maximum atomic E-state index is 12.5. The minimum absolute atomic E-state index is 0.0752. The molecular weight excluding hydrogens is 286 g/mol. The van der Waals surface area contributed by atoms with Crippen LogP contribution < -0.4 is 4.90 Å². The van der Waals surface area contributed by atoms with Crippen LogP contribution in [0.2, 0.25) is 0 Å². The molecule has 2 aromatic rings. The van der Waals surface area contributed by atoms with Crippen molar-refractivity contribution >= 4 is 11.6 Å². The molecule has 0 saturated heterocycles. The van der Waals surface area contributed by atoms with Crippen LogP contribution in [0, 0.1) is 0 Å². The smallest absolute Gasteiger partial charge is 0.234 e. The van der Waals surface area contributed by atoms with Gasteiger partial charge in [-0.1, -0.05) is 49.4 Å². The van der Waals surface area contributed by atoms with Gasteiger partial charge in [-0.25, -0.2) is 0 Å². The lowest BCUT2D eigenvalue weighted by molar-refractivity contribution is -0.119. The van der Waals surface area contributed by atoms with Crippen LogP contribution in [-0.2, 0) is 11.2 Å². The van der Waals surface area contributed by atoms with Crippen LogP contribution >= 0.6 is 0 Å². The highest BCUT2D eigenvalue weighted by molar-refractivity contribution is 6.04. The number of hydrogen-bond donors (Lipinski definition) is 1. The molecule has 2 unspecified atom stereocenters. The molecule has 1 aliphatic heterocycles. The topological polar surface area (TPSA) is 40.5 Å². The number of carbonyl (C=O) groups excluding carboxylic acids is 1. The lowest BCUT2D eigenvalue weighted by Crippen LogP contribution is -2.28. The molecule has 0 spiro atoms. The minimum atomic E-state index is -0.550. The number of aliphatic hydroxyl groups is 1. The Labute approximate surface area is 137 Å². The SMILES string of the molecule is CCC1C(=O)N(CC)c2ccc(C(O)Cc3ccccc3)cc21. The first-order chi connectivity index (χ1) is 11.2. The first kappa shape index (κ1) is 15.8. The predicted octanol–water partition coefficient (Wildman–Crippen LogP) is 3.82. The van der Waals surface area contributed by atoms with E-state index in [1.54, 1.807) is 0 Å². The van der Waals surface area contributed by atoms with Crippen molar-refractivity contribution in [1.82, 2.24) is 0 Å². The Bertz CT molecular complexity index is 696. The molecular formula is C20H23NO2. The van der Waals surface area contributed by atoms with Gasteiger partial charge in [0.05, 0.1) is 12.0 Å². The molecule has 2 aromatic carbocycles. The van der Waals surface area contributed by atoms with Gasteiger partial charge in [0.1, 0.15) is 0 Å². The predicted molar refractivity (Wildman–Crippen MR) is 92.6 cm³/mol. The highest BCUT2D eigenvalue weighted by atomic mass is 16.3. The van der Waals surface area contributed by atoms with E-state index in [0.717, 1.165) is 28.8 Å². The molecule has 3 nitrogen and oxygen atoms in total. The number of nitrogens with zero attached hydrogens (tertiary/aromatic N) is 1. The highest BCUT2D eigenvalue weighted by Crippen LogP contribution is 2.40. The molecule has 120 valence electrons. The fourth-order valence-corrected chi connectivity index (χ4v) is 3.42. The van der Waals surface area contributed by atoms with E-state index in [1.807, 2.05) is 67.3 Å². The van der Waals surface area contributed by atoms with Gasteiger partial charge < -0.3 is 10.0 Å². The Hall–Kier alpha value is -2.13. The number of anilines is 1. The van der Waals surface area contributed by atoms with Crippen LogP contribution in [-0.4, -0.2) is 17.6 Å². The van der Waals surface area contributed by atoms with Gasteiger partial charge in [0.2, 0.25) is 5.91 Å². The van der Waals surface area contributed by atoms with E-state index in [-0.39, 0.29) is 11.8 Å². The van der Waals surface area contributed by atoms with Crippen LogP contribution in [0.4, 0.5) is 5.69 Å². The second-order valence-electron chi connectivity index (χ2n) is 6.07. The third-order valence-electron chi connectivity index (χ3n) is 4.66. The van der Waals surface area contributed by atoms with Crippen molar-refractivity contribution in [3.05, 3.63) is 65.2 Å². The molecule has 1 N–H and O–H groups in total. The van der Waals surface area contributed by atoms with Crippen LogP contribution in [0.5, 0.6) is 0 Å². The summed E-state index contributed by atoms with van der Waals surface area (Å²) < 4.78 is 0. The average Bonchev–Trinajstić information content (AvgIpc) is 2.85. The molecule has 1 heterocycles. The average molecular weight is 309 g/mol. The van der Waals surface area contributed by atoms with Gasteiger partial charge in [0, 0.05) is 18.7 Å². The summed E-state index contributed by atoms with van der Waals surface area (Å²) >= 11 is 0. The van der Waals surface area contributed by atoms with Gasteiger partial charge in [0.15, 0.2) is 0 Å². The zero-order chi connectivity index (χ0) is 16.4. The molecule has 0 saturated carbocycles. The summed E-state index contributed by atoms with van der Waals surface area (Å²) in [6.07, 6.45) is 0.827. The molecule has 1 aliphatic rings. The Morgan fingerprint density at radius 1 is 1.13 bits per heavy atom. The van der Waals surface area contributed by atoms with E-state index in [1.165, 1.54) is 0 Å². The molecule has 3 rings (SSSR count). The molecule has 2 atom stereocenters. The molecule has 0 aliphatic carbocycles. The van der Waals surface area contributed by atoms with Gasteiger partial charge >= 0.3 is 0 Å². The van der Waals surface area contributed by atoms with Crippen LogP contribution in [0.25, 0.3) is 0 Å². The first-order valence-corrected chi connectivity index (χ1v) is 8.32. The number of hydrogen-bond acceptors (Lipinski definition) is 2. The molecule has 0 radical (unpaired) electrons. The standard InChI is InChI=1S/C20H23NO2/c1-3-16-17-13-15(10-11-18(17)21(4-2)20(16)23)19(22)12-14-8-6-5-7-9-14/h5-11,13,16,19,22H,3-4,12H2,1-2H3. The Morgan fingerprint density at radius 2 is 1.87 bits per heavy atom. The minimum Gasteiger partial charge on any atom is -0.388 e. The van der Waals surface area contributed by atoms with E-state index >= 15 is 0 Å². The zero-order valence-corrected chi connectivity index (χ0v) is 13.7. The fraction of sp³-hybridized carbons (Fsp3) is 0.350. The first-order valence-electron chi connectivity index (χ1n) is 8.32. The number of amides is 1. The van der Waals surface area contributed by atoms with Crippen molar-refractivity contribution in [3.63, 3.8) is 0 Å². The molecule has 0 aromatic heterocycles. The van der Waals surface area contributed by atoms with Gasteiger partial charge in [-0.05, 0) is 36.1 Å². The highest BCUT2D eigenvalue weighted by Gasteiger charge is 2.35. The zero-order valence-electron chi connectivity index (χ0n) is 13.7. The second-order valence-corrected chi connectivity index (χ2v) is 6.07. The Morgan fingerprint density at radius 3 is 2.52 bits per heavy atom. The van der Waals surface area contributed by atoms with Crippen LogP contribution in [0.3, 0.4) is 0 Å². The van der Waals surface area contributed by atoms with E-state index in [4.69, 9.17) is 0 Å². The van der Waals surface area contributed by atoms with Gasteiger partial charge in [-0.3, -0.25) is 4.79 Å². The van der Waals surface area contributed by atoms with Crippen molar-refractivity contribution in [3.8, 4) is 0 Å². The Kier molecular flexibility index (Phi) is 4.49. The van der Waals surface area contributed by atoms with E-state index < -0.39 is 6.10 Å². The van der Waals surface area contributed by atoms with Crippen molar-refractivity contribution < 1.29 is 9.90 Å². The fourth-order valence-electron chi connectivity index (χ4n) is 3.42. The lowest BCUT2D eigenvalue weighted by Gasteiger charge is -2.16. The number of rotatable bonds is 5. The third kappa shape index (κ3) is 2.89. The van der Waals surface area contributed by atoms with Crippen LogP contribution in [0.15, 0.2) is 48.5 Å². The van der Waals surface area contributed by atoms with Gasteiger partial charge in [0.25, 0.3) is 0 Å². The summed E-state index contributed by atoms with van der Waals surface area (Å²) in [7, 11) is 0. The van der Waals surface area contributed by atoms with E-state index in [0.29, 0.717) is 13.0 Å². The van der Waals surface area contributed by atoms with Crippen molar-refractivity contribution in [2.24, 2.45) is 0 Å². The number of fused-ring (bicyclic) bond motifs is 1. The molecule has 0 fully saturated rings. The maximum absolute atomic E-state index is 12.5. The molecule has 23 heavy (non-hydrogen) atoms. The second kappa shape index (κ2) is 6.55. The number of benzene rings is 2. The lowest BCUT2D eigenvalue weighted by atomic mass is 9.93. The summed E-state index contributed by atoms with van der Waals surface area (Å²) in [5, 5.41) is 10.6. The third-order valence-corrected chi connectivity index (χ3v) is 4.66. The van der Waals surface area contributed by atoms with Crippen molar-refractivity contribution in [1.29, 1.82) is 0 Å². The monoisotopic (exact) mass is 309 g/mol. The van der Waals surface area contributed by atoms with Crippen molar-refractivity contribution in [2.75, 3.05) is 11.4 Å². The molecule has 3 heteroatoms. The summed E-state index contributed by atoms with van der Waals surface area (Å²) in [5.41, 5.74) is 4.06. The summed E-state index contributed by atoms with van der Waals surface area (Å²) in [5.74, 6) is 0.105. The van der Waals surface area contributed by atoms with Crippen molar-refractivity contribution in [2.45, 2.75) is 38.7 Å². The van der Waals surface area contributed by atoms with E-state index in [2.05, 4.69) is 0 Å². The normalized spacial score (nSPS) is 18.1. The quantitative estimate of drug-likeness (QED) is 0.912. The molecule has 1 amide bonds. The number of carbonyl (C=O) groups is 1. The summed E-state index contributed by atoms with van der Waals surface area (Å²) in [4.78, 5) is 14.3. The maximum Gasteiger partial charge on any atom is 0.234 e. The summed E-state index contributed by atoms with van der Waals surface area (Å²) in [6, 6.07) is 15.9. The molecule has 0 bridgehead atoms. The van der Waals surface area contributed by atoms with Gasteiger partial charge in [-0.15, -0.1) is 0 Å². The van der Waals surface area contributed by atoms with E-state index in [9.17, 15) is 9.90 Å². The largest absolute Gasteiger partial charge is 0.388 e. The number of likely N-dealkylation sites (N-methyl/N-ethyl adjacent to an activating group) is 1.